The Labute approximate surface area is 171 Å². The average Bonchev–Trinajstić information content (AvgIpc) is 2.73. The second kappa shape index (κ2) is 9.47. The van der Waals surface area contributed by atoms with E-state index >= 15 is 0 Å². The van der Waals surface area contributed by atoms with E-state index in [1.165, 1.54) is 18.2 Å². The van der Waals surface area contributed by atoms with E-state index in [1.54, 1.807) is 60.7 Å². The molecule has 0 saturated heterocycles. The summed E-state index contributed by atoms with van der Waals surface area (Å²) in [5.41, 5.74) is 7.61. The first-order valence-electron chi connectivity index (χ1n) is 8.95. The maximum atomic E-state index is 13.0. The predicted octanol–water partition coefficient (Wildman–Crippen LogP) is 4.57. The fourth-order valence-corrected chi connectivity index (χ4v) is 2.76. The first kappa shape index (κ1) is 20.7. The third-order valence-electron chi connectivity index (χ3n) is 4.15. The minimum atomic E-state index is -2.91. The van der Waals surface area contributed by atoms with Crippen molar-refractivity contribution >= 4 is 29.2 Å². The fourth-order valence-electron chi connectivity index (χ4n) is 2.76. The van der Waals surface area contributed by atoms with Crippen molar-refractivity contribution in [3.63, 3.8) is 0 Å². The van der Waals surface area contributed by atoms with Crippen LogP contribution in [0.15, 0.2) is 78.9 Å². The van der Waals surface area contributed by atoms with Crippen molar-refractivity contribution in [1.29, 1.82) is 0 Å². The highest BCUT2D eigenvalue weighted by atomic mass is 19.3. The second-order valence-electron chi connectivity index (χ2n) is 6.27. The van der Waals surface area contributed by atoms with Gasteiger partial charge in [-0.15, -0.1) is 0 Å². The minimum absolute atomic E-state index is 0.0242. The Bertz CT molecular complexity index is 1070. The van der Waals surface area contributed by atoms with Gasteiger partial charge in [-0.05, 0) is 47.5 Å². The number of primary amides is 1. The summed E-state index contributed by atoms with van der Waals surface area (Å²) >= 11 is 0. The third-order valence-corrected chi connectivity index (χ3v) is 4.15. The van der Waals surface area contributed by atoms with Gasteiger partial charge in [0, 0.05) is 16.8 Å². The molecule has 3 aromatic rings. The number of benzene rings is 3. The number of halogens is 2. The summed E-state index contributed by atoms with van der Waals surface area (Å²) < 4.78 is 29.0. The molecule has 5 nitrogen and oxygen atoms in total. The summed E-state index contributed by atoms with van der Waals surface area (Å²) in [6.07, 6.45) is 1.63. The number of ether oxygens (including phenoxy) is 1. The summed E-state index contributed by atoms with van der Waals surface area (Å²) in [7, 11) is 0. The Morgan fingerprint density at radius 2 is 1.57 bits per heavy atom. The molecule has 0 spiro atoms. The fraction of sp³-hybridized carbons (Fsp3) is 0.0435. The highest BCUT2D eigenvalue weighted by Crippen LogP contribution is 2.23. The van der Waals surface area contributed by atoms with E-state index in [2.05, 4.69) is 10.1 Å². The minimum Gasteiger partial charge on any atom is -0.435 e. The zero-order chi connectivity index (χ0) is 21.5. The molecular weight excluding hydrogens is 390 g/mol. The molecule has 0 saturated carbocycles. The maximum Gasteiger partial charge on any atom is 0.387 e. The number of carbonyl (C=O) groups is 2. The molecule has 0 aromatic heterocycles. The number of nitrogens with two attached hydrogens (primary N) is 1. The van der Waals surface area contributed by atoms with Crippen LogP contribution in [0.2, 0.25) is 0 Å². The molecule has 0 atom stereocenters. The Hall–Kier alpha value is -4.00. The van der Waals surface area contributed by atoms with Crippen LogP contribution in [0.25, 0.3) is 11.6 Å². The van der Waals surface area contributed by atoms with Gasteiger partial charge in [0.15, 0.2) is 0 Å². The van der Waals surface area contributed by atoms with Crippen LogP contribution in [-0.2, 0) is 4.79 Å². The summed E-state index contributed by atoms with van der Waals surface area (Å²) in [5, 5.41) is 2.75. The molecule has 0 aliphatic rings. The lowest BCUT2D eigenvalue weighted by molar-refractivity contribution is -0.111. The lowest BCUT2D eigenvalue weighted by atomic mass is 10.0. The van der Waals surface area contributed by atoms with E-state index in [4.69, 9.17) is 5.73 Å². The lowest BCUT2D eigenvalue weighted by Gasteiger charge is -2.11. The van der Waals surface area contributed by atoms with Crippen molar-refractivity contribution in [3.05, 3.63) is 95.6 Å². The number of nitrogens with one attached hydrogen (secondary N) is 1. The van der Waals surface area contributed by atoms with Gasteiger partial charge < -0.3 is 15.8 Å². The van der Waals surface area contributed by atoms with Gasteiger partial charge in [0.2, 0.25) is 5.91 Å². The molecule has 0 fully saturated rings. The molecule has 3 rings (SSSR count). The lowest BCUT2D eigenvalue weighted by Crippen LogP contribution is -2.15. The number of anilines is 1. The maximum absolute atomic E-state index is 13.0. The second-order valence-corrected chi connectivity index (χ2v) is 6.27. The highest BCUT2D eigenvalue weighted by Gasteiger charge is 2.13. The van der Waals surface area contributed by atoms with Gasteiger partial charge >= 0.3 is 6.61 Å². The van der Waals surface area contributed by atoms with Crippen molar-refractivity contribution in [2.24, 2.45) is 5.73 Å². The van der Waals surface area contributed by atoms with E-state index in [0.29, 0.717) is 22.4 Å². The SMILES string of the molecule is NC(=O)c1cccc(NC(=O)/C(=C/c2ccc(OC(F)F)cc2)c2ccccc2)c1. The number of hydrogen-bond donors (Lipinski definition) is 2. The van der Waals surface area contributed by atoms with E-state index in [0.717, 1.165) is 0 Å². The normalized spacial score (nSPS) is 11.2. The van der Waals surface area contributed by atoms with Gasteiger partial charge in [0.25, 0.3) is 5.91 Å². The monoisotopic (exact) mass is 408 g/mol. The van der Waals surface area contributed by atoms with Gasteiger partial charge in [-0.25, -0.2) is 0 Å². The van der Waals surface area contributed by atoms with Gasteiger partial charge in [-0.2, -0.15) is 8.78 Å². The highest BCUT2D eigenvalue weighted by molar-refractivity contribution is 6.29. The van der Waals surface area contributed by atoms with E-state index in [9.17, 15) is 18.4 Å². The first-order valence-corrected chi connectivity index (χ1v) is 8.95. The Morgan fingerprint density at radius 3 is 2.20 bits per heavy atom. The quantitative estimate of drug-likeness (QED) is 0.444. The Balaban J connectivity index is 1.91. The molecule has 0 bridgehead atoms. The van der Waals surface area contributed by atoms with Gasteiger partial charge in [-0.3, -0.25) is 9.59 Å². The average molecular weight is 408 g/mol. The first-order chi connectivity index (χ1) is 14.4. The predicted molar refractivity (Wildman–Crippen MR) is 111 cm³/mol. The standard InChI is InChI=1S/C23H18F2N2O3/c24-23(25)30-19-11-9-15(10-12-19)13-20(16-5-2-1-3-6-16)22(29)27-18-8-4-7-17(14-18)21(26)28/h1-14,23H,(H2,26,28)(H,27,29)/b20-13+. The van der Waals surface area contributed by atoms with E-state index < -0.39 is 18.4 Å². The van der Waals surface area contributed by atoms with E-state index in [1.807, 2.05) is 6.07 Å². The molecule has 0 aliphatic carbocycles. The molecule has 2 amide bonds. The van der Waals surface area contributed by atoms with Crippen LogP contribution >= 0.6 is 0 Å². The summed E-state index contributed by atoms with van der Waals surface area (Å²) in [6, 6.07) is 21.2. The van der Waals surface area contributed by atoms with Crippen molar-refractivity contribution < 1.29 is 23.1 Å². The van der Waals surface area contributed by atoms with E-state index in [-0.39, 0.29) is 11.3 Å². The molecule has 7 heteroatoms. The van der Waals surface area contributed by atoms with Crippen molar-refractivity contribution in [2.75, 3.05) is 5.32 Å². The van der Waals surface area contributed by atoms with Crippen LogP contribution in [0.3, 0.4) is 0 Å². The Morgan fingerprint density at radius 1 is 0.900 bits per heavy atom. The van der Waals surface area contributed by atoms with Crippen LogP contribution in [0.5, 0.6) is 5.75 Å². The van der Waals surface area contributed by atoms with Crippen LogP contribution < -0.4 is 15.8 Å². The van der Waals surface area contributed by atoms with Gasteiger partial charge in [-0.1, -0.05) is 48.5 Å². The van der Waals surface area contributed by atoms with Crippen LogP contribution in [0.4, 0.5) is 14.5 Å². The molecule has 0 unspecified atom stereocenters. The Kier molecular flexibility index (Phi) is 6.54. The number of alkyl halides is 2. The summed E-state index contributed by atoms with van der Waals surface area (Å²) in [5.74, 6) is -0.983. The van der Waals surface area contributed by atoms with Gasteiger partial charge in [0.05, 0.1) is 0 Å². The topological polar surface area (TPSA) is 81.4 Å². The molecule has 3 aromatic carbocycles. The molecule has 152 valence electrons. The summed E-state index contributed by atoms with van der Waals surface area (Å²) in [6.45, 7) is -2.91. The van der Waals surface area contributed by atoms with Gasteiger partial charge in [0.1, 0.15) is 5.75 Å². The number of amides is 2. The molecule has 30 heavy (non-hydrogen) atoms. The molecule has 0 aliphatic heterocycles. The smallest absolute Gasteiger partial charge is 0.387 e. The summed E-state index contributed by atoms with van der Waals surface area (Å²) in [4.78, 5) is 24.4. The van der Waals surface area contributed by atoms with Crippen LogP contribution in [-0.4, -0.2) is 18.4 Å². The van der Waals surface area contributed by atoms with Crippen LogP contribution in [0, 0.1) is 0 Å². The molecular formula is C23H18F2N2O3. The van der Waals surface area contributed by atoms with Crippen molar-refractivity contribution in [1.82, 2.24) is 0 Å². The zero-order valence-corrected chi connectivity index (χ0v) is 15.7. The molecule has 0 radical (unpaired) electrons. The largest absolute Gasteiger partial charge is 0.435 e. The zero-order valence-electron chi connectivity index (χ0n) is 15.7. The molecule has 3 N–H and O–H groups in total. The number of carbonyl (C=O) groups excluding carboxylic acids is 2. The number of rotatable bonds is 7. The third kappa shape index (κ3) is 5.51. The van der Waals surface area contributed by atoms with Crippen molar-refractivity contribution in [2.45, 2.75) is 6.61 Å². The number of hydrogen-bond acceptors (Lipinski definition) is 3. The van der Waals surface area contributed by atoms with Crippen molar-refractivity contribution in [3.8, 4) is 5.75 Å². The molecule has 0 heterocycles. The van der Waals surface area contributed by atoms with Crippen LogP contribution in [0.1, 0.15) is 21.5 Å².